The molecule has 0 aliphatic carbocycles. The van der Waals surface area contributed by atoms with Gasteiger partial charge in [0.1, 0.15) is 23.4 Å². The predicted molar refractivity (Wildman–Crippen MR) is 112 cm³/mol. The van der Waals surface area contributed by atoms with Crippen LogP contribution in [0.25, 0.3) is 0 Å². The molecule has 2 aliphatic heterocycles. The van der Waals surface area contributed by atoms with Crippen molar-refractivity contribution in [3.8, 4) is 11.5 Å². The van der Waals surface area contributed by atoms with Gasteiger partial charge in [-0.15, -0.1) is 0 Å². The van der Waals surface area contributed by atoms with Crippen molar-refractivity contribution in [2.24, 2.45) is 0 Å². The van der Waals surface area contributed by atoms with Gasteiger partial charge in [0.2, 0.25) is 5.91 Å². The van der Waals surface area contributed by atoms with Gasteiger partial charge in [0, 0.05) is 13.0 Å². The van der Waals surface area contributed by atoms with E-state index in [1.165, 1.54) is 23.9 Å². The number of carbonyl (C=O) groups excluding carboxylic acids is 3. The molecule has 180 valence electrons. The van der Waals surface area contributed by atoms with Gasteiger partial charge in [0.15, 0.2) is 0 Å². The Hall–Kier alpha value is -3.25. The van der Waals surface area contributed by atoms with Gasteiger partial charge >= 0.3 is 12.6 Å². The van der Waals surface area contributed by atoms with Crippen LogP contribution in [0.4, 0.5) is 13.2 Å². The maximum Gasteiger partial charge on any atom is 0.345 e. The summed E-state index contributed by atoms with van der Waals surface area (Å²) >= 11 is 1.29. The minimum atomic E-state index is -3.07. The Morgan fingerprint density at radius 2 is 1.97 bits per heavy atom. The zero-order chi connectivity index (χ0) is 24.4. The minimum absolute atomic E-state index is 0.174. The number of alkyl halides is 2. The molecule has 2 atom stereocenters. The van der Waals surface area contributed by atoms with E-state index in [0.717, 1.165) is 16.9 Å². The van der Waals surface area contributed by atoms with E-state index in [0.29, 0.717) is 16.4 Å². The van der Waals surface area contributed by atoms with E-state index >= 15 is 0 Å². The van der Waals surface area contributed by atoms with E-state index in [2.05, 4.69) is 14.8 Å². The van der Waals surface area contributed by atoms with Crippen molar-refractivity contribution < 1.29 is 41.8 Å². The molecule has 0 radical (unpaired) electrons. The average Bonchev–Trinajstić information content (AvgIpc) is 3.23. The summed E-state index contributed by atoms with van der Waals surface area (Å²) in [6.45, 7) is -3.95. The van der Waals surface area contributed by atoms with Crippen LogP contribution >= 0.6 is 11.8 Å². The van der Waals surface area contributed by atoms with E-state index < -0.39 is 48.9 Å². The molecule has 2 aromatic rings. The molecule has 0 unspecified atom stereocenters. The summed E-state index contributed by atoms with van der Waals surface area (Å²) in [6.07, 6.45) is -1.24. The second-order valence-corrected chi connectivity index (χ2v) is 8.54. The van der Waals surface area contributed by atoms with Gasteiger partial charge in [-0.25, -0.2) is 9.18 Å². The third-order valence-electron chi connectivity index (χ3n) is 5.32. The number of ether oxygens (including phenoxy) is 3. The molecule has 12 heteroatoms. The minimum Gasteiger partial charge on any atom is -0.467 e. The number of amides is 2. The van der Waals surface area contributed by atoms with Crippen LogP contribution in [0.15, 0.2) is 46.2 Å². The van der Waals surface area contributed by atoms with Gasteiger partial charge in [-0.1, -0.05) is 23.9 Å². The largest absolute Gasteiger partial charge is 0.467 e. The fraction of sp³-hybridized carbons (Fsp3) is 0.318. The van der Waals surface area contributed by atoms with Crippen LogP contribution in [0.3, 0.4) is 0 Å². The Morgan fingerprint density at radius 3 is 2.71 bits per heavy atom. The second-order valence-electron chi connectivity index (χ2n) is 7.45. The molecule has 1 saturated heterocycles. The lowest BCUT2D eigenvalue weighted by molar-refractivity contribution is -0.160. The third kappa shape index (κ3) is 4.97. The molecule has 0 saturated carbocycles. The molecule has 2 heterocycles. The molecule has 0 spiro atoms. The fourth-order valence-corrected chi connectivity index (χ4v) is 4.71. The van der Waals surface area contributed by atoms with Crippen molar-refractivity contribution in [3.63, 3.8) is 0 Å². The van der Waals surface area contributed by atoms with Gasteiger partial charge in [-0.3, -0.25) is 9.59 Å². The van der Waals surface area contributed by atoms with Crippen LogP contribution in [0.2, 0.25) is 0 Å². The number of methoxy groups -OCH3 is 1. The highest BCUT2D eigenvalue weighted by molar-refractivity contribution is 7.99. The zero-order valence-corrected chi connectivity index (χ0v) is 18.6. The monoisotopic (exact) mass is 496 g/mol. The quantitative estimate of drug-likeness (QED) is 0.524. The normalized spacial score (nSPS) is 18.7. The molecule has 4 rings (SSSR count). The van der Waals surface area contributed by atoms with Gasteiger partial charge in [0.25, 0.3) is 5.91 Å². The summed E-state index contributed by atoms with van der Waals surface area (Å²) in [7, 11) is 1.10. The van der Waals surface area contributed by atoms with Crippen LogP contribution in [0, 0.1) is 5.82 Å². The summed E-state index contributed by atoms with van der Waals surface area (Å²) in [4.78, 5) is 39.5. The number of hydrogen-bond acceptors (Lipinski definition) is 7. The van der Waals surface area contributed by atoms with Crippen LogP contribution in [-0.4, -0.2) is 61.6 Å². The maximum atomic E-state index is 14.6. The summed E-state index contributed by atoms with van der Waals surface area (Å²) < 4.78 is 54.6. The first-order chi connectivity index (χ1) is 16.3. The number of benzene rings is 2. The number of para-hydroxylation sites is 1. The number of rotatable bonds is 6. The van der Waals surface area contributed by atoms with Crippen molar-refractivity contribution in [1.29, 1.82) is 0 Å². The first-order valence-corrected chi connectivity index (χ1v) is 11.0. The van der Waals surface area contributed by atoms with Crippen LogP contribution in [0.1, 0.15) is 16.8 Å². The van der Waals surface area contributed by atoms with E-state index in [9.17, 15) is 27.6 Å². The van der Waals surface area contributed by atoms with E-state index in [4.69, 9.17) is 4.74 Å². The second kappa shape index (κ2) is 9.94. The molecule has 2 aromatic carbocycles. The maximum absolute atomic E-state index is 14.6. The standard InChI is InChI=1S/C22H19F3N2O6S/c1-31-21(30)14-6-11(32-22(24)25)10-27(14)19(28)9-26-20(29)12-7-16-18(8-13(12)23)34-17-5-3-2-4-15(17)33-16/h2-5,7-8,11,14,22H,6,9-10H2,1H3,(H,26,29)/t11-,14+/m1/s1. The third-order valence-corrected chi connectivity index (χ3v) is 6.41. The predicted octanol–water partition coefficient (Wildman–Crippen LogP) is 3.19. The molecule has 1 fully saturated rings. The smallest absolute Gasteiger partial charge is 0.345 e. The number of hydrogen-bond donors (Lipinski definition) is 1. The molecule has 2 amide bonds. The van der Waals surface area contributed by atoms with Gasteiger partial charge in [-0.2, -0.15) is 8.78 Å². The van der Waals surface area contributed by atoms with E-state index in [-0.39, 0.29) is 18.5 Å². The summed E-state index contributed by atoms with van der Waals surface area (Å²) in [5.74, 6) is -2.36. The molecular formula is C22H19F3N2O6S. The summed E-state index contributed by atoms with van der Waals surface area (Å²) in [5.41, 5.74) is -0.337. The molecule has 8 nitrogen and oxygen atoms in total. The zero-order valence-electron chi connectivity index (χ0n) is 17.8. The van der Waals surface area contributed by atoms with Crippen LogP contribution < -0.4 is 10.1 Å². The van der Waals surface area contributed by atoms with Crippen molar-refractivity contribution in [2.75, 3.05) is 20.2 Å². The van der Waals surface area contributed by atoms with E-state index in [1.54, 1.807) is 12.1 Å². The molecular weight excluding hydrogens is 477 g/mol. The summed E-state index contributed by atoms with van der Waals surface area (Å²) in [5, 5.41) is 2.30. The highest BCUT2D eigenvalue weighted by atomic mass is 32.2. The molecule has 0 bridgehead atoms. The van der Waals surface area contributed by atoms with Gasteiger partial charge in [-0.05, 0) is 24.3 Å². The van der Waals surface area contributed by atoms with Crippen molar-refractivity contribution in [3.05, 3.63) is 47.8 Å². The Bertz CT molecular complexity index is 1130. The van der Waals surface area contributed by atoms with E-state index in [1.807, 2.05) is 12.1 Å². The molecule has 1 N–H and O–H groups in total. The number of esters is 1. The van der Waals surface area contributed by atoms with Crippen molar-refractivity contribution >= 4 is 29.5 Å². The highest BCUT2D eigenvalue weighted by Crippen LogP contribution is 2.47. The van der Waals surface area contributed by atoms with Crippen molar-refractivity contribution in [2.45, 2.75) is 35.0 Å². The van der Waals surface area contributed by atoms with Crippen LogP contribution in [0.5, 0.6) is 11.5 Å². The van der Waals surface area contributed by atoms with Gasteiger partial charge < -0.3 is 24.4 Å². The Labute approximate surface area is 196 Å². The van der Waals surface area contributed by atoms with Crippen molar-refractivity contribution in [1.82, 2.24) is 10.2 Å². The highest BCUT2D eigenvalue weighted by Gasteiger charge is 2.41. The lowest BCUT2D eigenvalue weighted by atomic mass is 10.1. The summed E-state index contributed by atoms with van der Waals surface area (Å²) in [6, 6.07) is 8.45. The number of nitrogens with zero attached hydrogens (tertiary/aromatic N) is 1. The first-order valence-electron chi connectivity index (χ1n) is 10.1. The lowest BCUT2D eigenvalue weighted by Gasteiger charge is -2.23. The Balaban J connectivity index is 1.43. The molecule has 34 heavy (non-hydrogen) atoms. The first kappa shape index (κ1) is 23.9. The molecule has 2 aliphatic rings. The lowest BCUT2D eigenvalue weighted by Crippen LogP contribution is -2.46. The number of likely N-dealkylation sites (tertiary alicyclic amines) is 1. The number of halogens is 3. The average molecular weight is 496 g/mol. The van der Waals surface area contributed by atoms with Gasteiger partial charge in [0.05, 0.1) is 35.1 Å². The van der Waals surface area contributed by atoms with Crippen LogP contribution in [-0.2, 0) is 19.1 Å². The SMILES string of the molecule is COC(=O)[C@@H]1C[C@@H](OC(F)F)CN1C(=O)CNC(=O)c1cc2c(cc1F)Sc1ccccc1O2. The number of fused-ring (bicyclic) bond motifs is 2. The fourth-order valence-electron chi connectivity index (χ4n) is 3.75. The topological polar surface area (TPSA) is 94.2 Å². The number of nitrogens with one attached hydrogen (secondary N) is 1. The Morgan fingerprint density at radius 1 is 1.21 bits per heavy atom. The number of carbonyl (C=O) groups is 3. The molecule has 0 aromatic heterocycles. The Kier molecular flexibility index (Phi) is 6.98.